The zero-order chi connectivity index (χ0) is 14.0. The van der Waals surface area contributed by atoms with Gasteiger partial charge in [-0.05, 0) is 32.0 Å². The van der Waals surface area contributed by atoms with Crippen molar-refractivity contribution in [3.05, 3.63) is 29.8 Å². The lowest BCUT2D eigenvalue weighted by atomic mass is 10.1. The van der Waals surface area contributed by atoms with Crippen molar-refractivity contribution in [2.24, 2.45) is 0 Å². The molecule has 1 saturated heterocycles. The molecule has 1 heterocycles. The molecule has 0 bridgehead atoms. The Bertz CT molecular complexity index is 378. The third kappa shape index (κ3) is 5.12. The fraction of sp³-hybridized carbons (Fsp3) is 0.625. The highest BCUT2D eigenvalue weighted by atomic mass is 16.5. The number of para-hydroxylation sites is 1. The van der Waals surface area contributed by atoms with Gasteiger partial charge in [0.15, 0.2) is 0 Å². The number of nitrogens with zero attached hydrogens (tertiary/aromatic N) is 1. The SMILES string of the molecule is OCc1ccccc1OCCOCCN1CCCCC1. The van der Waals surface area contributed by atoms with Crippen LogP contribution in [0.4, 0.5) is 0 Å². The summed E-state index contributed by atoms with van der Waals surface area (Å²) in [6.45, 7) is 5.34. The van der Waals surface area contributed by atoms with E-state index in [1.54, 1.807) is 0 Å². The predicted molar refractivity (Wildman–Crippen MR) is 79.0 cm³/mol. The van der Waals surface area contributed by atoms with Crippen molar-refractivity contribution in [2.75, 3.05) is 39.5 Å². The van der Waals surface area contributed by atoms with Crippen LogP contribution in [0, 0.1) is 0 Å². The van der Waals surface area contributed by atoms with Gasteiger partial charge in [-0.25, -0.2) is 0 Å². The van der Waals surface area contributed by atoms with Crippen LogP contribution in [0.3, 0.4) is 0 Å². The third-order valence-corrected chi connectivity index (χ3v) is 3.63. The lowest BCUT2D eigenvalue weighted by Gasteiger charge is -2.26. The summed E-state index contributed by atoms with van der Waals surface area (Å²) in [4.78, 5) is 2.46. The van der Waals surface area contributed by atoms with Gasteiger partial charge in [-0.2, -0.15) is 0 Å². The van der Waals surface area contributed by atoms with Crippen LogP contribution in [0.15, 0.2) is 24.3 Å². The Balaban J connectivity index is 1.55. The Morgan fingerprint density at radius 1 is 1.00 bits per heavy atom. The van der Waals surface area contributed by atoms with Crippen molar-refractivity contribution in [3.8, 4) is 5.75 Å². The summed E-state index contributed by atoms with van der Waals surface area (Å²) in [5, 5.41) is 9.19. The van der Waals surface area contributed by atoms with Gasteiger partial charge in [0.05, 0.1) is 19.8 Å². The van der Waals surface area contributed by atoms with Crippen molar-refractivity contribution < 1.29 is 14.6 Å². The Morgan fingerprint density at radius 3 is 2.60 bits per heavy atom. The van der Waals surface area contributed by atoms with E-state index in [-0.39, 0.29) is 6.61 Å². The van der Waals surface area contributed by atoms with Gasteiger partial charge in [-0.1, -0.05) is 24.6 Å². The normalized spacial score (nSPS) is 16.2. The summed E-state index contributed by atoms with van der Waals surface area (Å²) in [6, 6.07) is 7.55. The molecule has 1 N–H and O–H groups in total. The molecule has 1 fully saturated rings. The molecule has 0 atom stereocenters. The van der Waals surface area contributed by atoms with Crippen molar-refractivity contribution >= 4 is 0 Å². The van der Waals surface area contributed by atoms with Gasteiger partial charge in [0.1, 0.15) is 12.4 Å². The van der Waals surface area contributed by atoms with Crippen LogP contribution in [0.2, 0.25) is 0 Å². The second-order valence-electron chi connectivity index (χ2n) is 5.13. The second-order valence-corrected chi connectivity index (χ2v) is 5.13. The highest BCUT2D eigenvalue weighted by Crippen LogP contribution is 2.17. The Morgan fingerprint density at radius 2 is 1.80 bits per heavy atom. The Labute approximate surface area is 121 Å². The maximum atomic E-state index is 9.19. The van der Waals surface area contributed by atoms with Crippen LogP contribution in [0.25, 0.3) is 0 Å². The molecule has 0 aliphatic carbocycles. The topological polar surface area (TPSA) is 41.9 Å². The van der Waals surface area contributed by atoms with E-state index in [0.29, 0.717) is 13.2 Å². The summed E-state index contributed by atoms with van der Waals surface area (Å²) in [5.41, 5.74) is 0.820. The number of ether oxygens (including phenoxy) is 2. The molecule has 1 aromatic rings. The average Bonchev–Trinajstić information content (AvgIpc) is 2.52. The van der Waals surface area contributed by atoms with E-state index < -0.39 is 0 Å². The van der Waals surface area contributed by atoms with Gasteiger partial charge in [0.25, 0.3) is 0 Å². The summed E-state index contributed by atoms with van der Waals surface area (Å²) in [5.74, 6) is 0.745. The molecule has 112 valence electrons. The third-order valence-electron chi connectivity index (χ3n) is 3.63. The number of rotatable bonds is 8. The zero-order valence-corrected chi connectivity index (χ0v) is 12.1. The molecule has 0 aromatic heterocycles. The number of aliphatic hydroxyl groups is 1. The van der Waals surface area contributed by atoms with Gasteiger partial charge >= 0.3 is 0 Å². The lowest BCUT2D eigenvalue weighted by molar-refractivity contribution is 0.0745. The fourth-order valence-electron chi connectivity index (χ4n) is 2.46. The molecule has 0 saturated carbocycles. The van der Waals surface area contributed by atoms with Crippen molar-refractivity contribution in [2.45, 2.75) is 25.9 Å². The van der Waals surface area contributed by atoms with Crippen molar-refractivity contribution in [1.29, 1.82) is 0 Å². The molecule has 1 aliphatic heterocycles. The number of benzene rings is 1. The minimum absolute atomic E-state index is 0.00594. The number of piperidine rings is 1. The number of hydrogen-bond donors (Lipinski definition) is 1. The molecule has 1 aliphatic rings. The molecule has 20 heavy (non-hydrogen) atoms. The van der Waals surface area contributed by atoms with Gasteiger partial charge < -0.3 is 19.5 Å². The molecular formula is C16H25NO3. The van der Waals surface area contributed by atoms with E-state index in [1.165, 1.54) is 32.4 Å². The summed E-state index contributed by atoms with van der Waals surface area (Å²) < 4.78 is 11.2. The first kappa shape index (κ1) is 15.3. The van der Waals surface area contributed by atoms with E-state index in [1.807, 2.05) is 24.3 Å². The van der Waals surface area contributed by atoms with Crippen LogP contribution >= 0.6 is 0 Å². The molecule has 1 aromatic carbocycles. The number of aliphatic hydroxyl groups excluding tert-OH is 1. The Kier molecular flexibility index (Phi) is 6.84. The maximum absolute atomic E-state index is 9.19. The monoisotopic (exact) mass is 279 g/mol. The summed E-state index contributed by atoms with van der Waals surface area (Å²) in [7, 11) is 0. The molecule has 0 radical (unpaired) electrons. The minimum Gasteiger partial charge on any atom is -0.491 e. The minimum atomic E-state index is 0.00594. The lowest BCUT2D eigenvalue weighted by Crippen LogP contribution is -2.32. The largest absolute Gasteiger partial charge is 0.491 e. The second kappa shape index (κ2) is 8.95. The molecule has 0 unspecified atom stereocenters. The zero-order valence-electron chi connectivity index (χ0n) is 12.1. The van der Waals surface area contributed by atoms with E-state index in [0.717, 1.165) is 24.5 Å². The quantitative estimate of drug-likeness (QED) is 0.740. The van der Waals surface area contributed by atoms with Gasteiger partial charge in [-0.3, -0.25) is 0 Å². The number of hydrogen-bond acceptors (Lipinski definition) is 4. The molecular weight excluding hydrogens is 254 g/mol. The van der Waals surface area contributed by atoms with Crippen LogP contribution in [0.5, 0.6) is 5.75 Å². The van der Waals surface area contributed by atoms with Gasteiger partial charge in [0.2, 0.25) is 0 Å². The summed E-state index contributed by atoms with van der Waals surface area (Å²) >= 11 is 0. The maximum Gasteiger partial charge on any atom is 0.124 e. The first-order chi connectivity index (χ1) is 9.90. The van der Waals surface area contributed by atoms with E-state index >= 15 is 0 Å². The van der Waals surface area contributed by atoms with Gasteiger partial charge in [-0.15, -0.1) is 0 Å². The Hall–Kier alpha value is -1.10. The first-order valence-corrected chi connectivity index (χ1v) is 7.52. The van der Waals surface area contributed by atoms with Crippen molar-refractivity contribution in [1.82, 2.24) is 4.90 Å². The van der Waals surface area contributed by atoms with E-state index in [4.69, 9.17) is 9.47 Å². The standard InChI is InChI=1S/C16H25NO3/c18-14-15-6-2-3-7-16(15)20-13-12-19-11-10-17-8-4-1-5-9-17/h2-3,6-7,18H,1,4-5,8-14H2. The van der Waals surface area contributed by atoms with Gasteiger partial charge in [0, 0.05) is 12.1 Å². The van der Waals surface area contributed by atoms with E-state index in [9.17, 15) is 5.11 Å². The van der Waals surface area contributed by atoms with Crippen LogP contribution in [-0.4, -0.2) is 49.5 Å². The van der Waals surface area contributed by atoms with Crippen LogP contribution in [-0.2, 0) is 11.3 Å². The summed E-state index contributed by atoms with van der Waals surface area (Å²) in [6.07, 6.45) is 4.01. The van der Waals surface area contributed by atoms with E-state index in [2.05, 4.69) is 4.90 Å². The smallest absolute Gasteiger partial charge is 0.124 e. The molecule has 0 spiro atoms. The molecule has 4 heteroatoms. The van der Waals surface area contributed by atoms with Crippen LogP contribution < -0.4 is 4.74 Å². The fourth-order valence-corrected chi connectivity index (χ4v) is 2.46. The van der Waals surface area contributed by atoms with Crippen molar-refractivity contribution in [3.63, 3.8) is 0 Å². The first-order valence-electron chi connectivity index (χ1n) is 7.52. The molecule has 4 nitrogen and oxygen atoms in total. The average molecular weight is 279 g/mol. The van der Waals surface area contributed by atoms with Crippen LogP contribution in [0.1, 0.15) is 24.8 Å². The molecule has 2 rings (SSSR count). The predicted octanol–water partition coefficient (Wildman–Crippen LogP) is 2.06. The highest BCUT2D eigenvalue weighted by Gasteiger charge is 2.09. The molecule has 0 amide bonds. The highest BCUT2D eigenvalue weighted by molar-refractivity contribution is 5.32. The number of likely N-dealkylation sites (tertiary alicyclic amines) is 1.